The third-order valence-corrected chi connectivity index (χ3v) is 1.09. The Hall–Kier alpha value is -0.264. The summed E-state index contributed by atoms with van der Waals surface area (Å²) in [6, 6.07) is -0.917. The Kier molecular flexibility index (Phi) is 37.3. The molecule has 0 amide bonds. The molecule has 1 atom stereocenters. The second-order valence-electron chi connectivity index (χ2n) is 2.61. The summed E-state index contributed by atoms with van der Waals surface area (Å²) >= 11 is 0. The van der Waals surface area contributed by atoms with Crippen molar-refractivity contribution in [1.82, 2.24) is 0 Å². The molecule has 0 aromatic rings. The van der Waals surface area contributed by atoms with E-state index in [2.05, 4.69) is 0 Å². The van der Waals surface area contributed by atoms with Crippen LogP contribution in [0.15, 0.2) is 0 Å². The number of nitrogens with two attached hydrogens (primary N) is 5. The van der Waals surface area contributed by atoms with Crippen molar-refractivity contribution >= 4 is 5.97 Å². The summed E-state index contributed by atoms with van der Waals surface area (Å²) in [5.74, 6) is -1.07. The smallest absolute Gasteiger partial charge is 0.480 e. The largest absolute Gasteiger partial charge is 2.00 e. The van der Waals surface area contributed by atoms with Crippen LogP contribution in [0.3, 0.4) is 0 Å². The molecule has 0 bridgehead atoms. The number of hydrogen-bond donors (Lipinski definition) is 7. The van der Waals surface area contributed by atoms with Gasteiger partial charge in [0, 0.05) is 32.8 Å². The number of aliphatic hydroxyl groups excluding tert-OH is 1. The predicted octanol–water partition coefficient (Wildman–Crippen LogP) is -3.41. The summed E-state index contributed by atoms with van der Waals surface area (Å²) in [6.07, 6.45) is 0.120. The number of carboxylic acid groups (broad SMARTS) is 1. The van der Waals surface area contributed by atoms with Crippen molar-refractivity contribution in [1.29, 1.82) is 0 Å². The molecule has 0 fully saturated rings. The molecule has 9 heteroatoms. The second-order valence-corrected chi connectivity index (χ2v) is 2.61. The third kappa shape index (κ3) is 38.9. The molecule has 17 heavy (non-hydrogen) atoms. The van der Waals surface area contributed by atoms with Gasteiger partial charge in [-0.2, -0.15) is 0 Å². The molecule has 0 saturated heterocycles. The van der Waals surface area contributed by atoms with Crippen LogP contribution < -0.4 is 28.7 Å². The molecule has 1 radical (unpaired) electrons. The summed E-state index contributed by atoms with van der Waals surface area (Å²) in [5.41, 5.74) is 24.6. The second kappa shape index (κ2) is 24.8. The first-order valence-electron chi connectivity index (χ1n) is 4.91. The van der Waals surface area contributed by atoms with Gasteiger partial charge in [0.25, 0.3) is 0 Å². The molecule has 0 saturated carbocycles. The Morgan fingerprint density at radius 1 is 1.00 bits per heavy atom. The molecule has 0 aromatic heterocycles. The Balaban J connectivity index is -0.0000000806. The van der Waals surface area contributed by atoms with E-state index in [0.717, 1.165) is 0 Å². The molecule has 0 heterocycles. The zero-order valence-electron chi connectivity index (χ0n) is 9.84. The van der Waals surface area contributed by atoms with Crippen LogP contribution in [-0.2, 0) is 21.6 Å². The van der Waals surface area contributed by atoms with Crippen molar-refractivity contribution in [3.63, 3.8) is 0 Å². The minimum atomic E-state index is -1.07. The van der Waals surface area contributed by atoms with Gasteiger partial charge in [0.1, 0.15) is 6.04 Å². The first-order valence-corrected chi connectivity index (χ1v) is 4.91. The summed E-state index contributed by atoms with van der Waals surface area (Å²) in [7, 11) is 0. The maximum atomic E-state index is 9.85. The quantitative estimate of drug-likeness (QED) is 0.273. The summed E-state index contributed by atoms with van der Waals surface area (Å²) < 4.78 is 0. The van der Waals surface area contributed by atoms with Gasteiger partial charge in [-0.25, -0.2) is 0 Å². The van der Waals surface area contributed by atoms with Gasteiger partial charge < -0.3 is 38.9 Å². The van der Waals surface area contributed by atoms with E-state index in [1.807, 2.05) is 0 Å². The fourth-order valence-electron chi connectivity index (χ4n) is 0.263. The van der Waals surface area contributed by atoms with Crippen molar-refractivity contribution in [3.05, 3.63) is 0 Å². The molecular formula is C8H25CoN5O3+2. The van der Waals surface area contributed by atoms with Gasteiger partial charge in [0.05, 0.1) is 0 Å². The molecular weight excluding hydrogens is 273 g/mol. The molecule has 0 aliphatic rings. The van der Waals surface area contributed by atoms with Crippen molar-refractivity contribution in [2.45, 2.75) is 12.5 Å². The zero-order chi connectivity index (χ0) is 13.4. The van der Waals surface area contributed by atoms with Crippen molar-refractivity contribution < 1.29 is 31.8 Å². The van der Waals surface area contributed by atoms with Crippen LogP contribution in [0, 0.1) is 0 Å². The van der Waals surface area contributed by atoms with Crippen LogP contribution in [0.4, 0.5) is 0 Å². The van der Waals surface area contributed by atoms with E-state index >= 15 is 0 Å². The monoisotopic (exact) mass is 298 g/mol. The van der Waals surface area contributed by atoms with Crippen LogP contribution in [0.2, 0.25) is 0 Å². The van der Waals surface area contributed by atoms with Crippen molar-refractivity contribution in [3.8, 4) is 0 Å². The normalized spacial score (nSPS) is 9.76. The van der Waals surface area contributed by atoms with E-state index in [9.17, 15) is 4.79 Å². The molecule has 0 aromatic carbocycles. The van der Waals surface area contributed by atoms with E-state index in [4.69, 9.17) is 38.9 Å². The van der Waals surface area contributed by atoms with Gasteiger partial charge in [-0.05, 0) is 6.42 Å². The molecule has 0 unspecified atom stereocenters. The Labute approximate surface area is 112 Å². The molecule has 8 nitrogen and oxygen atoms in total. The van der Waals surface area contributed by atoms with Crippen LogP contribution in [-0.4, -0.2) is 55.0 Å². The maximum absolute atomic E-state index is 9.85. The fourth-order valence-corrected chi connectivity index (χ4v) is 0.263. The molecule has 0 aliphatic heterocycles. The van der Waals surface area contributed by atoms with Crippen LogP contribution >= 0.6 is 0 Å². The van der Waals surface area contributed by atoms with E-state index in [-0.39, 0.29) is 29.8 Å². The number of hydrogen-bond acceptors (Lipinski definition) is 7. The summed E-state index contributed by atoms with van der Waals surface area (Å²) in [5, 5.41) is 16.2. The molecule has 12 N–H and O–H groups in total. The Morgan fingerprint density at radius 3 is 1.35 bits per heavy atom. The summed E-state index contributed by atoms with van der Waals surface area (Å²) in [4.78, 5) is 9.85. The average Bonchev–Trinajstić information content (AvgIpc) is 2.30. The number of carboxylic acids is 1. The standard InChI is InChI=1S/C4H9NO3.2C2H8N2.Co/c5-3(1-2-6)4(7)8;2*3-1-2-4;/h3,6H,1-2,5H2,(H,7,8);2*1-4H2;/q;;;+2/t3-;;;/m0.../s1. The first kappa shape index (κ1) is 25.5. The molecule has 0 spiro atoms. The molecule has 0 aliphatic carbocycles. The third-order valence-electron chi connectivity index (χ3n) is 1.09. The Bertz CT molecular complexity index is 134. The number of rotatable bonds is 5. The van der Waals surface area contributed by atoms with Gasteiger partial charge >= 0.3 is 22.7 Å². The van der Waals surface area contributed by atoms with Crippen LogP contribution in [0.25, 0.3) is 0 Å². The first-order chi connectivity index (χ1) is 7.51. The van der Waals surface area contributed by atoms with Gasteiger partial charge in [0.2, 0.25) is 0 Å². The van der Waals surface area contributed by atoms with Gasteiger partial charge in [0.15, 0.2) is 0 Å². The van der Waals surface area contributed by atoms with E-state index in [0.29, 0.717) is 26.2 Å². The van der Waals surface area contributed by atoms with Crippen molar-refractivity contribution in [2.75, 3.05) is 32.8 Å². The van der Waals surface area contributed by atoms with Gasteiger partial charge in [-0.15, -0.1) is 0 Å². The average molecular weight is 298 g/mol. The molecule has 107 valence electrons. The van der Waals surface area contributed by atoms with E-state index in [1.54, 1.807) is 0 Å². The maximum Gasteiger partial charge on any atom is 2.00 e. The van der Waals surface area contributed by atoms with E-state index in [1.165, 1.54) is 0 Å². The predicted molar refractivity (Wildman–Crippen MR) is 63.5 cm³/mol. The number of aliphatic carboxylic acids is 1. The number of carbonyl (C=O) groups is 1. The van der Waals surface area contributed by atoms with Gasteiger partial charge in [-0.3, -0.25) is 4.79 Å². The Morgan fingerprint density at radius 2 is 1.29 bits per heavy atom. The van der Waals surface area contributed by atoms with Crippen LogP contribution in [0.5, 0.6) is 0 Å². The SMILES string of the molecule is NCCN.NCCN.N[C@@H](CCO)C(=O)O.[Co+2]. The number of aliphatic hydroxyl groups is 1. The van der Waals surface area contributed by atoms with E-state index < -0.39 is 12.0 Å². The van der Waals surface area contributed by atoms with Gasteiger partial charge in [-0.1, -0.05) is 0 Å². The topological polar surface area (TPSA) is 188 Å². The fraction of sp³-hybridized carbons (Fsp3) is 0.875. The van der Waals surface area contributed by atoms with Crippen LogP contribution in [0.1, 0.15) is 6.42 Å². The zero-order valence-corrected chi connectivity index (χ0v) is 10.9. The minimum absolute atomic E-state index is 0. The summed E-state index contributed by atoms with van der Waals surface area (Å²) in [6.45, 7) is 2.22. The molecule has 0 rings (SSSR count). The van der Waals surface area contributed by atoms with Crippen molar-refractivity contribution in [2.24, 2.45) is 28.7 Å². The minimum Gasteiger partial charge on any atom is -0.480 e.